The van der Waals surface area contributed by atoms with Crippen LogP contribution in [0.5, 0.6) is 5.88 Å². The summed E-state index contributed by atoms with van der Waals surface area (Å²) in [6.07, 6.45) is 10.0. The molecule has 4 rings (SSSR count). The van der Waals surface area contributed by atoms with Crippen molar-refractivity contribution in [1.29, 1.82) is 0 Å². The Kier molecular flexibility index (Phi) is 5.35. The van der Waals surface area contributed by atoms with Crippen molar-refractivity contribution in [1.82, 2.24) is 14.7 Å². The number of nitrogens with two attached hydrogens (primary N) is 1. The molecule has 3 heterocycles. The van der Waals surface area contributed by atoms with Gasteiger partial charge in [0.2, 0.25) is 0 Å². The van der Waals surface area contributed by atoms with Gasteiger partial charge < -0.3 is 15.2 Å². The zero-order chi connectivity index (χ0) is 19.0. The first kappa shape index (κ1) is 19.0. The summed E-state index contributed by atoms with van der Waals surface area (Å²) in [4.78, 5) is 2.73. The number of anilines is 1. The first-order chi connectivity index (χ1) is 12.9. The summed E-state index contributed by atoms with van der Waals surface area (Å²) in [5.41, 5.74) is 6.48. The molecular weight excluding hydrogens is 368 g/mol. The molecule has 2 atom stereocenters. The Labute approximate surface area is 160 Å². The molecule has 3 aliphatic rings. The van der Waals surface area contributed by atoms with E-state index in [4.69, 9.17) is 15.2 Å². The van der Waals surface area contributed by atoms with Gasteiger partial charge in [0.1, 0.15) is 12.3 Å². The summed E-state index contributed by atoms with van der Waals surface area (Å²) in [6, 6.07) is 2.21. The van der Waals surface area contributed by atoms with E-state index in [1.54, 1.807) is 0 Å². The van der Waals surface area contributed by atoms with Gasteiger partial charge in [-0.05, 0) is 38.5 Å². The van der Waals surface area contributed by atoms with Crippen molar-refractivity contribution >= 4 is 15.5 Å². The van der Waals surface area contributed by atoms with E-state index in [0.717, 1.165) is 26.1 Å². The molecule has 0 spiro atoms. The van der Waals surface area contributed by atoms with Gasteiger partial charge >= 0.3 is 0 Å². The van der Waals surface area contributed by atoms with Crippen molar-refractivity contribution in [2.75, 3.05) is 37.6 Å². The van der Waals surface area contributed by atoms with Gasteiger partial charge in [0, 0.05) is 24.4 Å². The molecule has 27 heavy (non-hydrogen) atoms. The Balaban J connectivity index is 1.32. The maximum absolute atomic E-state index is 11.2. The van der Waals surface area contributed by atoms with E-state index >= 15 is 0 Å². The fourth-order valence-electron chi connectivity index (χ4n) is 4.86. The molecule has 152 valence electrons. The number of ether oxygens (including phenoxy) is 2. The Morgan fingerprint density at radius 1 is 1.11 bits per heavy atom. The zero-order valence-corrected chi connectivity index (χ0v) is 16.7. The van der Waals surface area contributed by atoms with E-state index < -0.39 is 9.84 Å². The molecule has 0 amide bonds. The van der Waals surface area contributed by atoms with Gasteiger partial charge in [0.05, 0.1) is 31.2 Å². The van der Waals surface area contributed by atoms with E-state index in [2.05, 4.69) is 10.00 Å². The minimum absolute atomic E-state index is 0.0354. The van der Waals surface area contributed by atoms with E-state index in [-0.39, 0.29) is 12.4 Å². The highest BCUT2D eigenvalue weighted by Gasteiger charge is 2.42. The van der Waals surface area contributed by atoms with Gasteiger partial charge in [-0.25, -0.2) is 8.42 Å². The Morgan fingerprint density at radius 2 is 1.70 bits per heavy atom. The summed E-state index contributed by atoms with van der Waals surface area (Å²) < 4.78 is 35.6. The summed E-state index contributed by atoms with van der Waals surface area (Å²) in [5, 5.41) is 4.47. The summed E-state index contributed by atoms with van der Waals surface area (Å²) in [6.45, 7) is 1.85. The highest BCUT2D eigenvalue weighted by atomic mass is 32.2. The van der Waals surface area contributed by atoms with E-state index in [0.29, 0.717) is 35.7 Å². The normalized spacial score (nSPS) is 31.9. The number of sulfone groups is 1. The first-order valence-electron chi connectivity index (χ1n) is 9.91. The van der Waals surface area contributed by atoms with Gasteiger partial charge in [0.15, 0.2) is 9.84 Å². The standard InChI is InChI=1S/C18H30N4O4S/c1-27(23,24)9-8-26-18-17(19)10-21(20-18)13-2-4-14(5-3-13)22-15-6-7-16(22)12-25-11-15/h10,13-16H,2-9,11-12,19H2,1H3/t13?,14?,15-,16+. The molecule has 1 aromatic heterocycles. The second-order valence-electron chi connectivity index (χ2n) is 8.18. The molecule has 2 N–H and O–H groups in total. The maximum Gasteiger partial charge on any atom is 0.256 e. The van der Waals surface area contributed by atoms with Crippen molar-refractivity contribution in [2.24, 2.45) is 0 Å². The average Bonchev–Trinajstić information content (AvgIpc) is 3.10. The molecule has 2 bridgehead atoms. The number of rotatable bonds is 6. The van der Waals surface area contributed by atoms with Crippen LogP contribution in [0, 0.1) is 0 Å². The molecular formula is C18H30N4O4S. The second-order valence-corrected chi connectivity index (χ2v) is 10.4. The largest absolute Gasteiger partial charge is 0.474 e. The minimum Gasteiger partial charge on any atom is -0.474 e. The predicted octanol–water partition coefficient (Wildman–Crippen LogP) is 1.24. The van der Waals surface area contributed by atoms with Crippen LogP contribution in [0.1, 0.15) is 44.6 Å². The van der Waals surface area contributed by atoms with Crippen LogP contribution in [0.3, 0.4) is 0 Å². The monoisotopic (exact) mass is 398 g/mol. The molecule has 2 saturated heterocycles. The Bertz CT molecular complexity index is 741. The van der Waals surface area contributed by atoms with Crippen LogP contribution in [0.25, 0.3) is 0 Å². The van der Waals surface area contributed by atoms with Crippen LogP contribution in [0.4, 0.5) is 5.69 Å². The Hall–Kier alpha value is -1.32. The van der Waals surface area contributed by atoms with E-state index in [9.17, 15) is 8.42 Å². The second kappa shape index (κ2) is 7.60. The van der Waals surface area contributed by atoms with Crippen LogP contribution in [0.2, 0.25) is 0 Å². The fraction of sp³-hybridized carbons (Fsp3) is 0.833. The summed E-state index contributed by atoms with van der Waals surface area (Å²) in [7, 11) is -3.06. The number of hydrogen-bond acceptors (Lipinski definition) is 7. The van der Waals surface area contributed by atoms with Crippen LogP contribution < -0.4 is 10.5 Å². The molecule has 9 heteroatoms. The number of morpholine rings is 1. The van der Waals surface area contributed by atoms with Gasteiger partial charge in [-0.1, -0.05) is 0 Å². The van der Waals surface area contributed by atoms with Crippen LogP contribution in [-0.4, -0.2) is 73.1 Å². The molecule has 1 aliphatic carbocycles. The number of nitrogen functional groups attached to an aromatic ring is 1. The number of fused-ring (bicyclic) bond motifs is 2. The highest BCUT2D eigenvalue weighted by molar-refractivity contribution is 7.90. The fourth-order valence-corrected chi connectivity index (χ4v) is 5.24. The summed E-state index contributed by atoms with van der Waals surface area (Å²) >= 11 is 0. The number of hydrogen-bond donors (Lipinski definition) is 1. The molecule has 3 fully saturated rings. The molecule has 0 unspecified atom stereocenters. The zero-order valence-electron chi connectivity index (χ0n) is 15.9. The number of aromatic nitrogens is 2. The highest BCUT2D eigenvalue weighted by Crippen LogP contribution is 2.38. The third kappa shape index (κ3) is 4.25. The van der Waals surface area contributed by atoms with Crippen molar-refractivity contribution in [3.05, 3.63) is 6.20 Å². The molecule has 0 radical (unpaired) electrons. The lowest BCUT2D eigenvalue weighted by molar-refractivity contribution is -0.0458. The van der Waals surface area contributed by atoms with Crippen LogP contribution in [-0.2, 0) is 14.6 Å². The summed E-state index contributed by atoms with van der Waals surface area (Å²) in [5.74, 6) is 0.304. The van der Waals surface area contributed by atoms with Gasteiger partial charge in [-0.2, -0.15) is 0 Å². The Morgan fingerprint density at radius 3 is 2.33 bits per heavy atom. The molecule has 0 aromatic carbocycles. The van der Waals surface area contributed by atoms with E-state index in [1.165, 1.54) is 31.9 Å². The third-order valence-corrected chi connectivity index (χ3v) is 7.08. The van der Waals surface area contributed by atoms with Gasteiger partial charge in [-0.3, -0.25) is 9.58 Å². The van der Waals surface area contributed by atoms with Crippen LogP contribution >= 0.6 is 0 Å². The predicted molar refractivity (Wildman–Crippen MR) is 103 cm³/mol. The lowest BCUT2D eigenvalue weighted by Crippen LogP contribution is -2.52. The molecule has 2 aliphatic heterocycles. The SMILES string of the molecule is CS(=O)(=O)CCOc1nn(C2CCC(N3[C@@H]4CC[C@H]3COC4)CC2)cc1N. The third-order valence-electron chi connectivity index (χ3n) is 6.18. The lowest BCUT2D eigenvalue weighted by Gasteiger charge is -2.43. The lowest BCUT2D eigenvalue weighted by atomic mass is 9.89. The molecule has 1 aromatic rings. The topological polar surface area (TPSA) is 99.7 Å². The molecule has 8 nitrogen and oxygen atoms in total. The maximum atomic E-state index is 11.2. The van der Waals surface area contributed by atoms with Gasteiger partial charge in [-0.15, -0.1) is 5.10 Å². The van der Waals surface area contributed by atoms with Crippen molar-refractivity contribution in [2.45, 2.75) is 62.7 Å². The molecule has 1 saturated carbocycles. The minimum atomic E-state index is -3.06. The average molecular weight is 399 g/mol. The van der Waals surface area contributed by atoms with Crippen molar-refractivity contribution < 1.29 is 17.9 Å². The smallest absolute Gasteiger partial charge is 0.256 e. The van der Waals surface area contributed by atoms with E-state index in [1.807, 2.05) is 10.9 Å². The quantitative estimate of drug-likeness (QED) is 0.769. The van der Waals surface area contributed by atoms with Crippen molar-refractivity contribution in [3.8, 4) is 5.88 Å². The number of nitrogens with zero attached hydrogens (tertiary/aromatic N) is 3. The van der Waals surface area contributed by atoms with Gasteiger partial charge in [0.25, 0.3) is 5.88 Å². The first-order valence-corrected chi connectivity index (χ1v) is 12.0. The van der Waals surface area contributed by atoms with Crippen LogP contribution in [0.15, 0.2) is 6.20 Å². The van der Waals surface area contributed by atoms with Crippen molar-refractivity contribution in [3.63, 3.8) is 0 Å².